The fraction of sp³-hybridized carbons (Fsp3) is 0.389. The number of pyridine rings is 1. The summed E-state index contributed by atoms with van der Waals surface area (Å²) in [5.74, 6) is -0.677. The maximum Gasteiger partial charge on any atom is 0.271 e. The number of unbranched alkanes of at least 4 members (excludes halogenated alkanes) is 5. The number of hydrogen-bond acceptors (Lipinski definition) is 6. The highest BCUT2D eigenvalue weighted by Gasteiger charge is 2.33. The zero-order valence-electron chi connectivity index (χ0n) is 26.8. The number of rotatable bonds is 15. The van der Waals surface area contributed by atoms with Crippen molar-refractivity contribution >= 4 is 56.8 Å². The van der Waals surface area contributed by atoms with Gasteiger partial charge >= 0.3 is 0 Å². The molecule has 1 aliphatic rings. The van der Waals surface area contributed by atoms with E-state index >= 15 is 0 Å². The summed E-state index contributed by atoms with van der Waals surface area (Å²) in [6.07, 6.45) is 10.3. The van der Waals surface area contributed by atoms with Crippen molar-refractivity contribution in [2.45, 2.75) is 57.0 Å². The molecule has 0 atom stereocenters. The number of aliphatic hydroxyl groups is 1. The van der Waals surface area contributed by atoms with Crippen LogP contribution in [0.3, 0.4) is 0 Å². The lowest BCUT2D eigenvalue weighted by molar-refractivity contribution is -0.0192. The molecule has 1 aliphatic heterocycles. The smallest absolute Gasteiger partial charge is 0.271 e. The first-order chi connectivity index (χ1) is 23.3. The van der Waals surface area contributed by atoms with Gasteiger partial charge in [-0.3, -0.25) is 14.6 Å². The van der Waals surface area contributed by atoms with Gasteiger partial charge in [0.15, 0.2) is 5.69 Å². The van der Waals surface area contributed by atoms with E-state index in [9.17, 15) is 14.7 Å². The highest BCUT2D eigenvalue weighted by molar-refractivity contribution is 9.09. The fourth-order valence-electron chi connectivity index (χ4n) is 5.81. The molecule has 9 nitrogen and oxygen atoms in total. The number of amides is 2. The van der Waals surface area contributed by atoms with Gasteiger partial charge in [0.25, 0.3) is 11.8 Å². The van der Waals surface area contributed by atoms with Crippen LogP contribution in [0.5, 0.6) is 0 Å². The predicted octanol–water partition coefficient (Wildman–Crippen LogP) is 7.79. The minimum Gasteiger partial charge on any atom is -0.388 e. The summed E-state index contributed by atoms with van der Waals surface area (Å²) in [6, 6.07) is 19.2. The minimum absolute atomic E-state index is 0.0997. The quantitative estimate of drug-likeness (QED) is 0.0844. The van der Waals surface area contributed by atoms with Crippen molar-refractivity contribution in [3.05, 3.63) is 94.2 Å². The Labute approximate surface area is 300 Å². The van der Waals surface area contributed by atoms with E-state index in [0.717, 1.165) is 25.0 Å². The van der Waals surface area contributed by atoms with E-state index in [2.05, 4.69) is 41.5 Å². The average molecular weight is 757 g/mol. The van der Waals surface area contributed by atoms with E-state index in [1.54, 1.807) is 24.4 Å². The van der Waals surface area contributed by atoms with Crippen LogP contribution in [0.4, 0.5) is 5.82 Å². The lowest BCUT2D eigenvalue weighted by atomic mass is 9.91. The molecule has 0 bridgehead atoms. The van der Waals surface area contributed by atoms with Crippen LogP contribution in [0.1, 0.15) is 72.2 Å². The van der Waals surface area contributed by atoms with Crippen molar-refractivity contribution in [1.82, 2.24) is 25.0 Å². The third-order valence-corrected chi connectivity index (χ3v) is 9.84. The number of alkyl halides is 1. The van der Waals surface area contributed by atoms with Crippen LogP contribution < -0.4 is 10.6 Å². The zero-order valence-corrected chi connectivity index (χ0v) is 29.9. The Morgan fingerprint density at radius 3 is 2.29 bits per heavy atom. The number of benzene rings is 2. The van der Waals surface area contributed by atoms with Gasteiger partial charge in [-0.2, -0.15) is 5.10 Å². The Kier molecular flexibility index (Phi) is 13.1. The molecule has 0 radical (unpaired) electrons. The minimum atomic E-state index is -0.989. The Morgan fingerprint density at radius 2 is 1.58 bits per heavy atom. The van der Waals surface area contributed by atoms with Crippen LogP contribution in [0.2, 0.25) is 10.0 Å². The maximum atomic E-state index is 13.6. The summed E-state index contributed by atoms with van der Waals surface area (Å²) in [4.78, 5) is 33.7. The molecular weight excluding hydrogens is 715 g/mol. The standard InChI is InChI=1S/C36H41BrCl2N6O3/c37-17-9-3-1-2-4-11-19-44-20-15-36(48,16-21-44)25-41-35(47)32-24-33(45(43-32)26-12-6-5-7-13-26)42-34(46)28-22-27(29(38)23-30(28)39)31-14-8-10-18-40-31/h5-8,10,12-14,18,22-24,48H,1-4,9,11,15-17,19-21,25H2,(H,41,47)(H,42,46). The summed E-state index contributed by atoms with van der Waals surface area (Å²) >= 11 is 16.4. The Bertz CT molecular complexity index is 1660. The lowest BCUT2D eigenvalue weighted by Crippen LogP contribution is -2.51. The van der Waals surface area contributed by atoms with E-state index < -0.39 is 17.4 Å². The van der Waals surface area contributed by atoms with Gasteiger partial charge in [0, 0.05) is 42.8 Å². The van der Waals surface area contributed by atoms with Gasteiger partial charge < -0.3 is 20.6 Å². The normalized spacial score (nSPS) is 14.5. The molecule has 1 fully saturated rings. The number of carbonyl (C=O) groups is 2. The number of para-hydroxylation sites is 1. The van der Waals surface area contributed by atoms with Crippen molar-refractivity contribution in [3.8, 4) is 16.9 Å². The average Bonchev–Trinajstić information content (AvgIpc) is 3.52. The molecule has 0 unspecified atom stereocenters. The SMILES string of the molecule is O=C(NCC1(O)CCN(CCCCCCCCBr)CC1)c1cc(NC(=O)c2cc(-c3ccccn3)c(Cl)cc2Cl)n(-c2ccccc2)n1. The molecule has 1 saturated heterocycles. The Balaban J connectivity index is 1.23. The number of nitrogens with one attached hydrogen (secondary N) is 2. The van der Waals surface area contributed by atoms with Crippen LogP contribution in [0, 0.1) is 0 Å². The first-order valence-electron chi connectivity index (χ1n) is 16.4. The van der Waals surface area contributed by atoms with Crippen LogP contribution in [-0.2, 0) is 0 Å². The zero-order chi connectivity index (χ0) is 33.9. The van der Waals surface area contributed by atoms with Crippen LogP contribution in [0.15, 0.2) is 72.9 Å². The number of anilines is 1. The molecule has 3 heterocycles. The number of aromatic nitrogens is 3. The van der Waals surface area contributed by atoms with Crippen LogP contribution >= 0.6 is 39.1 Å². The Morgan fingerprint density at radius 1 is 0.875 bits per heavy atom. The highest BCUT2D eigenvalue weighted by Crippen LogP contribution is 2.32. The second-order valence-corrected chi connectivity index (χ2v) is 13.8. The first kappa shape index (κ1) is 36.0. The van der Waals surface area contributed by atoms with Gasteiger partial charge in [-0.25, -0.2) is 4.68 Å². The molecule has 2 aromatic carbocycles. The van der Waals surface area contributed by atoms with Gasteiger partial charge in [0.05, 0.1) is 32.6 Å². The topological polar surface area (TPSA) is 112 Å². The molecule has 5 rings (SSSR count). The third-order valence-electron chi connectivity index (χ3n) is 8.65. The summed E-state index contributed by atoms with van der Waals surface area (Å²) in [6.45, 7) is 2.75. The summed E-state index contributed by atoms with van der Waals surface area (Å²) in [7, 11) is 0. The number of hydrogen-bond donors (Lipinski definition) is 3. The molecule has 12 heteroatoms. The first-order valence-corrected chi connectivity index (χ1v) is 18.3. The van der Waals surface area contributed by atoms with Crippen molar-refractivity contribution < 1.29 is 14.7 Å². The predicted molar refractivity (Wildman–Crippen MR) is 196 cm³/mol. The molecule has 2 aromatic heterocycles. The number of piperidine rings is 1. The second-order valence-electron chi connectivity index (χ2n) is 12.2. The molecule has 254 valence electrons. The van der Waals surface area contributed by atoms with Crippen molar-refractivity contribution in [2.75, 3.05) is 36.8 Å². The van der Waals surface area contributed by atoms with E-state index in [1.165, 1.54) is 55.3 Å². The number of halogens is 3. The van der Waals surface area contributed by atoms with E-state index in [-0.39, 0.29) is 28.6 Å². The molecule has 4 aromatic rings. The van der Waals surface area contributed by atoms with E-state index in [4.69, 9.17) is 23.2 Å². The summed E-state index contributed by atoms with van der Waals surface area (Å²) in [5, 5.41) is 23.1. The fourth-order valence-corrected chi connectivity index (χ4v) is 6.78. The van der Waals surface area contributed by atoms with Gasteiger partial charge in [-0.1, -0.05) is 89.1 Å². The van der Waals surface area contributed by atoms with Gasteiger partial charge in [-0.05, 0) is 68.6 Å². The summed E-state index contributed by atoms with van der Waals surface area (Å²) < 4.78 is 1.49. The number of likely N-dealkylation sites (tertiary alicyclic amines) is 1. The van der Waals surface area contributed by atoms with Gasteiger partial charge in [-0.15, -0.1) is 0 Å². The highest BCUT2D eigenvalue weighted by atomic mass is 79.9. The van der Waals surface area contributed by atoms with Crippen molar-refractivity contribution in [2.24, 2.45) is 0 Å². The molecule has 0 spiro atoms. The van der Waals surface area contributed by atoms with Crippen molar-refractivity contribution in [3.63, 3.8) is 0 Å². The number of carbonyl (C=O) groups excluding carboxylic acids is 2. The van der Waals surface area contributed by atoms with E-state index in [1.807, 2.05) is 36.4 Å². The molecule has 3 N–H and O–H groups in total. The summed E-state index contributed by atoms with van der Waals surface area (Å²) in [5.41, 5.74) is 1.10. The van der Waals surface area contributed by atoms with Gasteiger partial charge in [0.2, 0.25) is 0 Å². The lowest BCUT2D eigenvalue weighted by Gasteiger charge is -2.38. The molecule has 0 aliphatic carbocycles. The second kappa shape index (κ2) is 17.4. The maximum absolute atomic E-state index is 13.6. The van der Waals surface area contributed by atoms with Crippen LogP contribution in [-0.4, -0.2) is 73.7 Å². The van der Waals surface area contributed by atoms with Gasteiger partial charge in [0.1, 0.15) is 5.82 Å². The van der Waals surface area contributed by atoms with Crippen molar-refractivity contribution in [1.29, 1.82) is 0 Å². The monoisotopic (exact) mass is 754 g/mol. The molecule has 48 heavy (non-hydrogen) atoms. The van der Waals surface area contributed by atoms with E-state index in [0.29, 0.717) is 34.8 Å². The third kappa shape index (κ3) is 9.66. The van der Waals surface area contributed by atoms with Crippen LogP contribution in [0.25, 0.3) is 16.9 Å². The molecule has 2 amide bonds. The number of nitrogens with zero attached hydrogens (tertiary/aromatic N) is 4. The Hall–Kier alpha value is -3.28. The molecule has 0 saturated carbocycles. The molecular formula is C36H41BrCl2N6O3. The largest absolute Gasteiger partial charge is 0.388 e.